The van der Waals surface area contributed by atoms with Crippen LogP contribution < -0.4 is 0 Å². The summed E-state index contributed by atoms with van der Waals surface area (Å²) in [5.41, 5.74) is 0.521. The number of alkyl halides is 1. The molecule has 2 unspecified atom stereocenters. The van der Waals surface area contributed by atoms with Gasteiger partial charge in [-0.3, -0.25) is 4.79 Å². The fourth-order valence-electron chi connectivity index (χ4n) is 1.30. The number of rotatable bonds is 4. The van der Waals surface area contributed by atoms with Gasteiger partial charge in [0.1, 0.15) is 0 Å². The Balaban J connectivity index is 3.25. The van der Waals surface area contributed by atoms with E-state index < -0.39 is 17.5 Å². The Hall–Kier alpha value is -0.660. The van der Waals surface area contributed by atoms with Crippen LogP contribution >= 0.6 is 34.2 Å². The molecule has 2 N–H and O–H groups in total. The van der Waals surface area contributed by atoms with Crippen LogP contribution in [0.5, 0.6) is 0 Å². The molecule has 1 aromatic carbocycles. The lowest BCUT2D eigenvalue weighted by Crippen LogP contribution is -2.17. The SMILES string of the molecule is CC(Cl)C(=O)c1cccc(C(O)C(=O)O)c1I. The summed E-state index contributed by atoms with van der Waals surface area (Å²) in [6.07, 6.45) is -1.64. The van der Waals surface area contributed by atoms with Gasteiger partial charge in [-0.25, -0.2) is 4.79 Å². The smallest absolute Gasteiger partial charge is 0.337 e. The lowest BCUT2D eigenvalue weighted by atomic mass is 10.0. The molecule has 0 aromatic heterocycles. The summed E-state index contributed by atoms with van der Waals surface area (Å²) < 4.78 is 0.414. The van der Waals surface area contributed by atoms with E-state index in [0.29, 0.717) is 9.13 Å². The summed E-state index contributed by atoms with van der Waals surface area (Å²) in [6, 6.07) is 4.55. The maximum Gasteiger partial charge on any atom is 0.337 e. The van der Waals surface area contributed by atoms with Crippen LogP contribution in [0.2, 0.25) is 0 Å². The van der Waals surface area contributed by atoms with Crippen LogP contribution in [-0.2, 0) is 4.79 Å². The van der Waals surface area contributed by atoms with Crippen molar-refractivity contribution in [1.82, 2.24) is 0 Å². The zero-order chi connectivity index (χ0) is 13.2. The molecule has 0 bridgehead atoms. The number of benzene rings is 1. The van der Waals surface area contributed by atoms with Gasteiger partial charge < -0.3 is 10.2 Å². The first-order valence-electron chi connectivity index (χ1n) is 4.73. The number of carboxylic acid groups (broad SMARTS) is 1. The molecule has 0 aliphatic rings. The largest absolute Gasteiger partial charge is 0.479 e. The summed E-state index contributed by atoms with van der Waals surface area (Å²) in [4.78, 5) is 22.4. The first kappa shape index (κ1) is 14.4. The number of aliphatic carboxylic acids is 1. The Morgan fingerprint density at radius 1 is 1.41 bits per heavy atom. The highest BCUT2D eigenvalue weighted by atomic mass is 127. The number of carbonyl (C=O) groups excluding carboxylic acids is 1. The average molecular weight is 369 g/mol. The van der Waals surface area contributed by atoms with Crippen molar-refractivity contribution < 1.29 is 19.8 Å². The number of aliphatic hydroxyl groups excluding tert-OH is 1. The fourth-order valence-corrected chi connectivity index (χ4v) is 2.34. The number of aliphatic hydroxyl groups is 1. The summed E-state index contributed by atoms with van der Waals surface area (Å²) in [5, 5.41) is 17.5. The molecule has 0 aliphatic heterocycles. The average Bonchev–Trinajstić information content (AvgIpc) is 2.27. The Morgan fingerprint density at radius 2 is 2.00 bits per heavy atom. The van der Waals surface area contributed by atoms with E-state index in [0.717, 1.165) is 0 Å². The van der Waals surface area contributed by atoms with Crippen LogP contribution in [0.4, 0.5) is 0 Å². The monoisotopic (exact) mass is 368 g/mol. The molecular formula is C11H10ClIO4. The molecule has 0 saturated heterocycles. The Kier molecular flexibility index (Phi) is 4.91. The van der Waals surface area contributed by atoms with Crippen molar-refractivity contribution >= 4 is 45.9 Å². The molecule has 17 heavy (non-hydrogen) atoms. The number of ketones is 1. The molecule has 4 nitrogen and oxygen atoms in total. The van der Waals surface area contributed by atoms with E-state index in [1.54, 1.807) is 13.0 Å². The second-order valence-corrected chi connectivity index (χ2v) is 5.16. The topological polar surface area (TPSA) is 74.6 Å². The minimum atomic E-state index is -1.64. The normalized spacial score (nSPS) is 14.1. The Morgan fingerprint density at radius 3 is 2.47 bits per heavy atom. The lowest BCUT2D eigenvalue weighted by Gasteiger charge is -2.12. The van der Waals surface area contributed by atoms with Crippen molar-refractivity contribution in [2.24, 2.45) is 0 Å². The van der Waals surface area contributed by atoms with Crippen LogP contribution in [0.3, 0.4) is 0 Å². The van der Waals surface area contributed by atoms with Gasteiger partial charge in [0.25, 0.3) is 0 Å². The Labute approximate surface area is 117 Å². The van der Waals surface area contributed by atoms with Gasteiger partial charge in [0.15, 0.2) is 11.9 Å². The molecule has 0 amide bonds. The third-order valence-corrected chi connectivity index (χ3v) is 3.59. The number of hydrogen-bond acceptors (Lipinski definition) is 3. The van der Waals surface area contributed by atoms with Crippen molar-refractivity contribution in [2.45, 2.75) is 18.4 Å². The molecule has 0 radical (unpaired) electrons. The second-order valence-electron chi connectivity index (χ2n) is 3.43. The Bertz CT molecular complexity index is 459. The van der Waals surface area contributed by atoms with Crippen LogP contribution in [0.1, 0.15) is 28.9 Å². The highest BCUT2D eigenvalue weighted by Gasteiger charge is 2.23. The van der Waals surface area contributed by atoms with E-state index in [2.05, 4.69) is 0 Å². The molecule has 0 saturated carbocycles. The molecule has 92 valence electrons. The van der Waals surface area contributed by atoms with Crippen molar-refractivity contribution in [3.05, 3.63) is 32.9 Å². The van der Waals surface area contributed by atoms with Gasteiger partial charge in [0.05, 0.1) is 5.38 Å². The third-order valence-electron chi connectivity index (χ3n) is 2.18. The predicted molar refractivity (Wildman–Crippen MR) is 71.4 cm³/mol. The van der Waals surface area contributed by atoms with E-state index in [4.69, 9.17) is 16.7 Å². The van der Waals surface area contributed by atoms with Gasteiger partial charge in [-0.1, -0.05) is 18.2 Å². The lowest BCUT2D eigenvalue weighted by molar-refractivity contribution is -0.147. The summed E-state index contributed by atoms with van der Waals surface area (Å²) in [5.74, 6) is -1.65. The summed E-state index contributed by atoms with van der Waals surface area (Å²) in [7, 11) is 0. The zero-order valence-corrected chi connectivity index (χ0v) is 11.8. The van der Waals surface area contributed by atoms with Gasteiger partial charge in [-0.2, -0.15) is 0 Å². The van der Waals surface area contributed by atoms with Gasteiger partial charge >= 0.3 is 5.97 Å². The van der Waals surface area contributed by atoms with Crippen molar-refractivity contribution in [1.29, 1.82) is 0 Å². The molecular weight excluding hydrogens is 358 g/mol. The number of halogens is 2. The molecule has 2 atom stereocenters. The quantitative estimate of drug-likeness (QED) is 0.485. The minimum absolute atomic E-state index is 0.196. The summed E-state index contributed by atoms with van der Waals surface area (Å²) >= 11 is 7.53. The van der Waals surface area contributed by atoms with E-state index in [1.807, 2.05) is 22.6 Å². The highest BCUT2D eigenvalue weighted by molar-refractivity contribution is 14.1. The summed E-state index contributed by atoms with van der Waals surface area (Å²) in [6.45, 7) is 1.54. The molecule has 0 spiro atoms. The number of carbonyl (C=O) groups is 2. The molecule has 0 aliphatic carbocycles. The minimum Gasteiger partial charge on any atom is -0.479 e. The highest BCUT2D eigenvalue weighted by Crippen LogP contribution is 2.25. The van der Waals surface area contributed by atoms with E-state index in [-0.39, 0.29) is 11.3 Å². The first-order chi connectivity index (χ1) is 7.86. The first-order valence-corrected chi connectivity index (χ1v) is 6.25. The van der Waals surface area contributed by atoms with E-state index in [9.17, 15) is 14.7 Å². The van der Waals surface area contributed by atoms with Gasteiger partial charge in [-0.05, 0) is 29.5 Å². The maximum atomic E-state index is 11.7. The number of Topliss-reactive ketones (excluding diaryl/α,β-unsaturated/α-hetero) is 1. The van der Waals surface area contributed by atoms with Crippen LogP contribution in [-0.4, -0.2) is 27.3 Å². The third kappa shape index (κ3) is 3.17. The van der Waals surface area contributed by atoms with E-state index in [1.165, 1.54) is 12.1 Å². The predicted octanol–water partition coefficient (Wildman–Crippen LogP) is 2.22. The van der Waals surface area contributed by atoms with Crippen LogP contribution in [0.15, 0.2) is 18.2 Å². The molecule has 0 fully saturated rings. The second kappa shape index (κ2) is 5.79. The standard InChI is InChI=1S/C11H10ClIO4/c1-5(12)9(14)6-3-2-4-7(8(6)13)10(15)11(16)17/h2-5,10,15H,1H3,(H,16,17). The molecule has 6 heteroatoms. The number of carboxylic acids is 1. The molecule has 1 rings (SSSR count). The van der Waals surface area contributed by atoms with Crippen molar-refractivity contribution in [3.8, 4) is 0 Å². The van der Waals surface area contributed by atoms with Gasteiger partial charge in [-0.15, -0.1) is 11.6 Å². The van der Waals surface area contributed by atoms with Gasteiger partial charge in [0, 0.05) is 14.7 Å². The molecule has 0 heterocycles. The fraction of sp³-hybridized carbons (Fsp3) is 0.273. The van der Waals surface area contributed by atoms with Gasteiger partial charge in [0.2, 0.25) is 0 Å². The maximum absolute atomic E-state index is 11.7. The van der Waals surface area contributed by atoms with Crippen molar-refractivity contribution in [2.75, 3.05) is 0 Å². The van der Waals surface area contributed by atoms with Crippen LogP contribution in [0, 0.1) is 3.57 Å². The van der Waals surface area contributed by atoms with Crippen LogP contribution in [0.25, 0.3) is 0 Å². The van der Waals surface area contributed by atoms with Crippen molar-refractivity contribution in [3.63, 3.8) is 0 Å². The van der Waals surface area contributed by atoms with E-state index >= 15 is 0 Å². The number of hydrogen-bond donors (Lipinski definition) is 2. The zero-order valence-electron chi connectivity index (χ0n) is 8.85. The molecule has 1 aromatic rings.